The average molecular weight is 554 g/mol. The summed E-state index contributed by atoms with van der Waals surface area (Å²) < 4.78 is 27.2. The number of esters is 2. The smallest absolute Gasteiger partial charge is 0.344 e. The minimum Gasteiger partial charge on any atom is -0.497 e. The van der Waals surface area contributed by atoms with E-state index in [1.807, 2.05) is 114 Å². The minimum atomic E-state index is -0.562. The minimum absolute atomic E-state index is 0.161. The molecule has 0 heterocycles. The maximum Gasteiger partial charge on any atom is 0.344 e. The Kier molecular flexibility index (Phi) is 9.92. The van der Waals surface area contributed by atoms with Crippen LogP contribution < -0.4 is 14.2 Å². The number of methoxy groups -OCH3 is 1. The van der Waals surface area contributed by atoms with Crippen molar-refractivity contribution in [3.63, 3.8) is 0 Å². The second-order valence-electron chi connectivity index (χ2n) is 10.7. The van der Waals surface area contributed by atoms with Gasteiger partial charge in [-0.15, -0.1) is 0 Å². The van der Waals surface area contributed by atoms with Crippen LogP contribution >= 0.6 is 0 Å². The first-order valence-corrected chi connectivity index (χ1v) is 13.8. The molecular weight excluding hydrogens is 516 g/mol. The second kappa shape index (κ2) is 12.9. The van der Waals surface area contributed by atoms with E-state index in [-0.39, 0.29) is 13.2 Å². The highest BCUT2D eigenvalue weighted by Crippen LogP contribution is 2.34. The van der Waals surface area contributed by atoms with Gasteiger partial charge in [-0.3, -0.25) is 0 Å². The monoisotopic (exact) mass is 553 g/mol. The van der Waals surface area contributed by atoms with Gasteiger partial charge in [0.2, 0.25) is 0 Å². The van der Waals surface area contributed by atoms with Crippen molar-refractivity contribution in [2.75, 3.05) is 20.3 Å². The standard InChI is InChI=1S/C31H37O7S/c1-30(2,3)37-28(32)20-35-23-10-16-26(17-11-23)39(25-14-8-22(34-7)9-15-25)27-18-12-24(13-19-27)36-21-29(33)38-31(4,5)6/h8-19H,20-21H2,1-7H3/q+1. The van der Waals surface area contributed by atoms with Gasteiger partial charge in [0.1, 0.15) is 28.5 Å². The summed E-state index contributed by atoms with van der Waals surface area (Å²) in [6, 6.07) is 23.3. The first kappa shape index (κ1) is 29.9. The third-order valence-electron chi connectivity index (χ3n) is 4.97. The molecule has 8 heteroatoms. The number of benzene rings is 3. The van der Waals surface area contributed by atoms with Crippen molar-refractivity contribution in [3.05, 3.63) is 72.8 Å². The van der Waals surface area contributed by atoms with Crippen molar-refractivity contribution in [1.29, 1.82) is 0 Å². The third-order valence-corrected chi connectivity index (χ3v) is 7.20. The Hall–Kier alpha value is -3.65. The number of hydrogen-bond acceptors (Lipinski definition) is 7. The maximum absolute atomic E-state index is 12.0. The van der Waals surface area contributed by atoms with Gasteiger partial charge in [-0.2, -0.15) is 0 Å². The lowest BCUT2D eigenvalue weighted by Gasteiger charge is -2.19. The van der Waals surface area contributed by atoms with Gasteiger partial charge >= 0.3 is 11.9 Å². The molecule has 0 spiro atoms. The van der Waals surface area contributed by atoms with Crippen LogP contribution in [0.3, 0.4) is 0 Å². The quantitative estimate of drug-likeness (QED) is 0.217. The van der Waals surface area contributed by atoms with Gasteiger partial charge in [0.05, 0.1) is 18.0 Å². The zero-order valence-corrected chi connectivity index (χ0v) is 24.4. The Bertz CT molecular complexity index is 1150. The van der Waals surface area contributed by atoms with Crippen LogP contribution in [0.2, 0.25) is 0 Å². The van der Waals surface area contributed by atoms with E-state index < -0.39 is 34.0 Å². The van der Waals surface area contributed by atoms with Crippen molar-refractivity contribution in [2.24, 2.45) is 0 Å². The summed E-state index contributed by atoms with van der Waals surface area (Å²) in [4.78, 5) is 27.2. The lowest BCUT2D eigenvalue weighted by Crippen LogP contribution is -2.27. The molecule has 0 amide bonds. The highest BCUT2D eigenvalue weighted by molar-refractivity contribution is 7.97. The maximum atomic E-state index is 12.0. The molecule has 0 radical (unpaired) electrons. The Morgan fingerprint density at radius 2 is 0.872 bits per heavy atom. The topological polar surface area (TPSA) is 80.3 Å². The molecule has 0 atom stereocenters. The Morgan fingerprint density at radius 1 is 0.564 bits per heavy atom. The molecular formula is C31H37O7S+. The lowest BCUT2D eigenvalue weighted by molar-refractivity contribution is -0.158. The third kappa shape index (κ3) is 9.87. The molecule has 208 valence electrons. The number of rotatable bonds is 10. The van der Waals surface area contributed by atoms with Crippen molar-refractivity contribution in [1.82, 2.24) is 0 Å². The Labute approximate surface area is 233 Å². The summed E-state index contributed by atoms with van der Waals surface area (Å²) in [5.41, 5.74) is -1.12. The van der Waals surface area contributed by atoms with Crippen LogP contribution in [0.25, 0.3) is 0 Å². The highest BCUT2D eigenvalue weighted by Gasteiger charge is 2.29. The number of carbonyl (C=O) groups is 2. The molecule has 3 rings (SSSR count). The van der Waals surface area contributed by atoms with Gasteiger partial charge in [-0.25, -0.2) is 9.59 Å². The largest absolute Gasteiger partial charge is 0.497 e. The number of carbonyl (C=O) groups excluding carboxylic acids is 2. The van der Waals surface area contributed by atoms with Crippen molar-refractivity contribution >= 4 is 22.8 Å². The molecule has 0 unspecified atom stereocenters. The van der Waals surface area contributed by atoms with Crippen LogP contribution in [0.1, 0.15) is 41.5 Å². The van der Waals surface area contributed by atoms with Gasteiger partial charge in [0.25, 0.3) is 0 Å². The fourth-order valence-electron chi connectivity index (χ4n) is 3.49. The fourth-order valence-corrected chi connectivity index (χ4v) is 5.53. The molecule has 3 aromatic rings. The lowest BCUT2D eigenvalue weighted by atomic mass is 10.2. The van der Waals surface area contributed by atoms with E-state index in [1.54, 1.807) is 7.11 Å². The van der Waals surface area contributed by atoms with E-state index in [9.17, 15) is 9.59 Å². The molecule has 39 heavy (non-hydrogen) atoms. The molecule has 0 aromatic heterocycles. The van der Waals surface area contributed by atoms with Crippen LogP contribution in [0.4, 0.5) is 0 Å². The Morgan fingerprint density at radius 3 is 1.15 bits per heavy atom. The van der Waals surface area contributed by atoms with Gasteiger partial charge in [0.15, 0.2) is 27.9 Å². The van der Waals surface area contributed by atoms with E-state index in [0.717, 1.165) is 20.4 Å². The molecule has 0 aliphatic heterocycles. The first-order valence-electron chi connectivity index (χ1n) is 12.6. The molecule has 3 aromatic carbocycles. The SMILES string of the molecule is COc1ccc([S+](c2ccc(OCC(=O)OC(C)(C)C)cc2)c2ccc(OCC(=O)OC(C)(C)C)cc2)cc1. The van der Waals surface area contributed by atoms with Crippen LogP contribution in [-0.2, 0) is 30.0 Å². The van der Waals surface area contributed by atoms with Crippen LogP contribution in [0, 0.1) is 0 Å². The summed E-state index contributed by atoms with van der Waals surface area (Å²) >= 11 is 0. The van der Waals surface area contributed by atoms with Gasteiger partial charge in [0, 0.05) is 0 Å². The molecule has 0 aliphatic carbocycles. The predicted molar refractivity (Wildman–Crippen MR) is 151 cm³/mol. The number of hydrogen-bond donors (Lipinski definition) is 0. The van der Waals surface area contributed by atoms with Gasteiger partial charge in [-0.1, -0.05) is 0 Å². The summed E-state index contributed by atoms with van der Waals surface area (Å²) in [5.74, 6) is 1.10. The van der Waals surface area contributed by atoms with E-state index in [0.29, 0.717) is 11.5 Å². The van der Waals surface area contributed by atoms with Crippen molar-refractivity contribution in [2.45, 2.75) is 67.4 Å². The van der Waals surface area contributed by atoms with E-state index in [2.05, 4.69) is 0 Å². The molecule has 0 saturated heterocycles. The molecule has 0 aliphatic rings. The Balaban J connectivity index is 1.78. The number of ether oxygens (including phenoxy) is 5. The molecule has 7 nitrogen and oxygen atoms in total. The summed E-state index contributed by atoms with van der Waals surface area (Å²) in [5, 5.41) is 0. The second-order valence-corrected chi connectivity index (χ2v) is 12.7. The fraction of sp³-hybridized carbons (Fsp3) is 0.355. The summed E-state index contributed by atoms with van der Waals surface area (Å²) in [6.45, 7) is 10.6. The van der Waals surface area contributed by atoms with Crippen LogP contribution in [0.15, 0.2) is 87.5 Å². The predicted octanol–water partition coefficient (Wildman–Crippen LogP) is 6.23. The highest BCUT2D eigenvalue weighted by atomic mass is 32.2. The zero-order valence-electron chi connectivity index (χ0n) is 23.6. The summed E-state index contributed by atoms with van der Waals surface area (Å²) in [7, 11) is 1.20. The summed E-state index contributed by atoms with van der Waals surface area (Å²) in [6.07, 6.45) is 0. The first-order chi connectivity index (χ1) is 18.3. The average Bonchev–Trinajstić information content (AvgIpc) is 2.86. The van der Waals surface area contributed by atoms with E-state index in [4.69, 9.17) is 23.7 Å². The normalized spacial score (nSPS) is 11.6. The van der Waals surface area contributed by atoms with E-state index >= 15 is 0 Å². The van der Waals surface area contributed by atoms with Gasteiger partial charge < -0.3 is 23.7 Å². The molecule has 0 fully saturated rings. The van der Waals surface area contributed by atoms with Crippen LogP contribution in [0.5, 0.6) is 17.2 Å². The van der Waals surface area contributed by atoms with Crippen molar-refractivity contribution in [3.8, 4) is 17.2 Å². The molecule has 0 bridgehead atoms. The van der Waals surface area contributed by atoms with E-state index in [1.165, 1.54) is 0 Å². The van der Waals surface area contributed by atoms with Crippen LogP contribution in [-0.4, -0.2) is 43.5 Å². The van der Waals surface area contributed by atoms with Gasteiger partial charge in [-0.05, 0) is 114 Å². The zero-order chi connectivity index (χ0) is 28.6. The molecule has 0 saturated carbocycles. The molecule has 0 N–H and O–H groups in total. The van der Waals surface area contributed by atoms with Crippen molar-refractivity contribution < 1.29 is 33.3 Å².